The molecule has 3 heteroatoms. The van der Waals surface area contributed by atoms with Crippen molar-refractivity contribution in [2.45, 2.75) is 57.8 Å². The van der Waals surface area contributed by atoms with Crippen LogP contribution in [0.1, 0.15) is 57.8 Å². The zero-order valence-electron chi connectivity index (χ0n) is 10.3. The van der Waals surface area contributed by atoms with E-state index >= 15 is 0 Å². The van der Waals surface area contributed by atoms with Gasteiger partial charge in [0.05, 0.1) is 0 Å². The molecule has 0 radical (unpaired) electrons. The highest BCUT2D eigenvalue weighted by molar-refractivity contribution is 7.91. The summed E-state index contributed by atoms with van der Waals surface area (Å²) < 4.78 is 11.2. The summed E-state index contributed by atoms with van der Waals surface area (Å²) in [6.45, 7) is 0.346. The summed E-state index contributed by atoms with van der Waals surface area (Å²) in [4.78, 5) is 0. The second-order valence-electron chi connectivity index (χ2n) is 4.93. The Balaban J connectivity index is 1.84. The van der Waals surface area contributed by atoms with Gasteiger partial charge in [-0.15, -0.1) is 0 Å². The fraction of sp³-hybridized carbons (Fsp3) is 1.00. The fourth-order valence-electron chi connectivity index (χ4n) is 2.38. The molecule has 1 fully saturated rings. The molecule has 1 aliphatic rings. The Morgan fingerprint density at radius 1 is 0.938 bits per heavy atom. The van der Waals surface area contributed by atoms with E-state index in [-0.39, 0.29) is 0 Å². The molecule has 1 N–H and O–H groups in total. The third-order valence-electron chi connectivity index (χ3n) is 3.53. The van der Waals surface area contributed by atoms with Crippen molar-refractivity contribution in [2.24, 2.45) is 5.92 Å². The molecular formula is C13H26O2S. The van der Waals surface area contributed by atoms with E-state index in [1.54, 1.807) is 0 Å². The van der Waals surface area contributed by atoms with Gasteiger partial charge in [-0.05, 0) is 25.2 Å². The average Bonchev–Trinajstić information content (AvgIpc) is 2.30. The normalized spacial score (nSPS) is 25.9. The molecule has 1 rings (SSSR count). The molecule has 16 heavy (non-hydrogen) atoms. The molecule has 0 unspecified atom stereocenters. The SMILES string of the molecule is [O-][S+]1CCC(CCCCCCCCO)CC1. The molecule has 0 amide bonds. The average molecular weight is 246 g/mol. The Hall–Kier alpha value is 0.270. The van der Waals surface area contributed by atoms with Gasteiger partial charge >= 0.3 is 0 Å². The van der Waals surface area contributed by atoms with Crippen LogP contribution in [0.4, 0.5) is 0 Å². The lowest BCUT2D eigenvalue weighted by Crippen LogP contribution is -2.23. The van der Waals surface area contributed by atoms with Crippen molar-refractivity contribution in [2.75, 3.05) is 18.1 Å². The van der Waals surface area contributed by atoms with Crippen LogP contribution in [-0.2, 0) is 11.2 Å². The lowest BCUT2D eigenvalue weighted by molar-refractivity contribution is 0.282. The van der Waals surface area contributed by atoms with Gasteiger partial charge in [0.15, 0.2) is 0 Å². The lowest BCUT2D eigenvalue weighted by atomic mass is 9.95. The van der Waals surface area contributed by atoms with Gasteiger partial charge in [0.25, 0.3) is 0 Å². The molecule has 0 aromatic carbocycles. The number of hydrogen-bond donors (Lipinski definition) is 1. The summed E-state index contributed by atoms with van der Waals surface area (Å²) in [5, 5.41) is 8.64. The van der Waals surface area contributed by atoms with E-state index in [9.17, 15) is 4.55 Å². The minimum Gasteiger partial charge on any atom is -0.616 e. The van der Waals surface area contributed by atoms with Gasteiger partial charge in [-0.1, -0.05) is 49.7 Å². The van der Waals surface area contributed by atoms with Crippen LogP contribution in [0.2, 0.25) is 0 Å². The number of unbranched alkanes of at least 4 members (excludes halogenated alkanes) is 5. The first kappa shape index (κ1) is 14.3. The molecule has 1 saturated heterocycles. The van der Waals surface area contributed by atoms with E-state index in [0.29, 0.717) is 6.61 Å². The molecule has 0 aromatic rings. The molecule has 0 atom stereocenters. The van der Waals surface area contributed by atoms with E-state index < -0.39 is 11.2 Å². The Morgan fingerprint density at radius 2 is 1.50 bits per heavy atom. The highest BCUT2D eigenvalue weighted by atomic mass is 32.2. The minimum atomic E-state index is -0.497. The van der Waals surface area contributed by atoms with Crippen molar-refractivity contribution in [3.63, 3.8) is 0 Å². The van der Waals surface area contributed by atoms with Crippen molar-refractivity contribution in [1.29, 1.82) is 0 Å². The predicted octanol–water partition coefficient (Wildman–Crippen LogP) is 2.87. The van der Waals surface area contributed by atoms with E-state index in [4.69, 9.17) is 5.11 Å². The monoisotopic (exact) mass is 246 g/mol. The maximum Gasteiger partial charge on any atom is 0.105 e. The number of rotatable bonds is 8. The zero-order chi connectivity index (χ0) is 11.6. The Bertz CT molecular complexity index is 156. The first-order chi connectivity index (χ1) is 7.83. The summed E-state index contributed by atoms with van der Waals surface area (Å²) in [6.07, 6.45) is 11.1. The Labute approximate surface area is 103 Å². The van der Waals surface area contributed by atoms with Crippen LogP contribution in [0.3, 0.4) is 0 Å². The number of aliphatic hydroxyl groups is 1. The molecule has 0 aliphatic carbocycles. The first-order valence-corrected chi connectivity index (χ1v) is 8.27. The molecule has 0 bridgehead atoms. The summed E-state index contributed by atoms with van der Waals surface area (Å²) in [5.74, 6) is 2.75. The number of hydrogen-bond acceptors (Lipinski definition) is 2. The van der Waals surface area contributed by atoms with Crippen LogP contribution >= 0.6 is 0 Å². The van der Waals surface area contributed by atoms with Gasteiger partial charge in [0, 0.05) is 6.61 Å². The molecular weight excluding hydrogens is 220 g/mol. The molecule has 0 aromatic heterocycles. The summed E-state index contributed by atoms with van der Waals surface area (Å²) >= 11 is -0.497. The highest BCUT2D eigenvalue weighted by Gasteiger charge is 2.20. The molecule has 1 heterocycles. The van der Waals surface area contributed by atoms with Gasteiger partial charge in [0.1, 0.15) is 11.5 Å². The smallest absolute Gasteiger partial charge is 0.105 e. The number of aliphatic hydroxyl groups excluding tert-OH is 1. The predicted molar refractivity (Wildman–Crippen MR) is 70.0 cm³/mol. The van der Waals surface area contributed by atoms with Gasteiger partial charge < -0.3 is 9.66 Å². The van der Waals surface area contributed by atoms with Crippen LogP contribution in [0, 0.1) is 5.92 Å². The largest absolute Gasteiger partial charge is 0.616 e. The highest BCUT2D eigenvalue weighted by Crippen LogP contribution is 2.24. The van der Waals surface area contributed by atoms with Crippen molar-refractivity contribution in [3.8, 4) is 0 Å². The Kier molecular flexibility index (Phi) is 8.34. The summed E-state index contributed by atoms with van der Waals surface area (Å²) in [5.41, 5.74) is 0. The van der Waals surface area contributed by atoms with Gasteiger partial charge in [-0.25, -0.2) is 0 Å². The maximum absolute atomic E-state index is 11.2. The van der Waals surface area contributed by atoms with Gasteiger partial charge in [-0.2, -0.15) is 0 Å². The quantitative estimate of drug-likeness (QED) is 0.528. The molecule has 2 nitrogen and oxygen atoms in total. The van der Waals surface area contributed by atoms with Crippen molar-refractivity contribution in [3.05, 3.63) is 0 Å². The minimum absolute atomic E-state index is 0.346. The summed E-state index contributed by atoms with van der Waals surface area (Å²) in [7, 11) is 0. The van der Waals surface area contributed by atoms with Crippen LogP contribution in [-0.4, -0.2) is 27.8 Å². The third-order valence-corrected chi connectivity index (χ3v) is 4.91. The third kappa shape index (κ3) is 6.77. The first-order valence-electron chi connectivity index (χ1n) is 6.78. The Morgan fingerprint density at radius 3 is 2.12 bits per heavy atom. The van der Waals surface area contributed by atoms with Crippen LogP contribution < -0.4 is 0 Å². The van der Waals surface area contributed by atoms with Crippen molar-refractivity contribution >= 4 is 11.2 Å². The van der Waals surface area contributed by atoms with Crippen molar-refractivity contribution < 1.29 is 9.66 Å². The van der Waals surface area contributed by atoms with Crippen LogP contribution in [0.25, 0.3) is 0 Å². The lowest BCUT2D eigenvalue weighted by Gasteiger charge is -2.23. The zero-order valence-corrected chi connectivity index (χ0v) is 11.1. The fourth-order valence-corrected chi connectivity index (χ4v) is 3.78. The van der Waals surface area contributed by atoms with Gasteiger partial charge in [-0.3, -0.25) is 0 Å². The molecule has 0 spiro atoms. The van der Waals surface area contributed by atoms with Crippen LogP contribution in [0.15, 0.2) is 0 Å². The summed E-state index contributed by atoms with van der Waals surface area (Å²) in [6, 6.07) is 0. The molecule has 0 saturated carbocycles. The molecule has 1 aliphatic heterocycles. The standard InChI is InChI=1S/C13H26O2S/c14-10-6-4-2-1-3-5-7-13-8-11-16(15)12-9-13/h13-14H,1-12H2. The topological polar surface area (TPSA) is 43.3 Å². The van der Waals surface area contributed by atoms with Gasteiger partial charge in [0.2, 0.25) is 0 Å². The van der Waals surface area contributed by atoms with E-state index in [1.165, 1.54) is 51.4 Å². The van der Waals surface area contributed by atoms with E-state index in [2.05, 4.69) is 0 Å². The van der Waals surface area contributed by atoms with E-state index in [1.807, 2.05) is 0 Å². The van der Waals surface area contributed by atoms with E-state index in [0.717, 1.165) is 23.8 Å². The molecule has 96 valence electrons. The second-order valence-corrected chi connectivity index (χ2v) is 6.62. The van der Waals surface area contributed by atoms with Crippen LogP contribution in [0.5, 0.6) is 0 Å². The second kappa shape index (κ2) is 9.32. The maximum atomic E-state index is 11.2. The van der Waals surface area contributed by atoms with Crippen molar-refractivity contribution in [1.82, 2.24) is 0 Å².